The van der Waals surface area contributed by atoms with E-state index in [1.165, 1.54) is 42.5 Å². The summed E-state index contributed by atoms with van der Waals surface area (Å²) >= 11 is 5.67. The number of hydrogen-bond acceptors (Lipinski definition) is 2. The second-order valence-corrected chi connectivity index (χ2v) is 8.11. The number of rotatable bonds is 4. The van der Waals surface area contributed by atoms with Gasteiger partial charge in [0.25, 0.3) is 0 Å². The van der Waals surface area contributed by atoms with Crippen molar-refractivity contribution in [3.63, 3.8) is 0 Å². The fourth-order valence-electron chi connectivity index (χ4n) is 2.49. The molecule has 0 bridgehead atoms. The van der Waals surface area contributed by atoms with Crippen molar-refractivity contribution in [2.75, 3.05) is 0 Å². The molecule has 176 valence electrons. The van der Waals surface area contributed by atoms with E-state index in [2.05, 4.69) is 31.9 Å². The molecule has 0 spiro atoms. The van der Waals surface area contributed by atoms with Crippen LogP contribution >= 0.6 is 31.9 Å². The lowest BCUT2D eigenvalue weighted by atomic mass is 10.3. The van der Waals surface area contributed by atoms with Crippen LogP contribution in [0.5, 0.6) is 23.0 Å². The van der Waals surface area contributed by atoms with Crippen molar-refractivity contribution in [1.29, 1.82) is 0 Å². The van der Waals surface area contributed by atoms with Gasteiger partial charge in [0, 0.05) is 12.1 Å². The highest BCUT2D eigenvalue weighted by Crippen LogP contribution is 2.32. The molecule has 0 saturated heterocycles. The fraction of sp³-hybridized carbons (Fsp3) is 0. The third-order valence-electron chi connectivity index (χ3n) is 4.04. The lowest BCUT2D eigenvalue weighted by molar-refractivity contribution is 0.403. The van der Waals surface area contributed by atoms with Crippen molar-refractivity contribution in [1.82, 2.24) is 0 Å². The molecule has 0 radical (unpaired) electrons. The van der Waals surface area contributed by atoms with Crippen molar-refractivity contribution >= 4 is 31.9 Å². The Hall–Kier alpha value is -2.98. The predicted octanol–water partition coefficient (Wildman–Crippen LogP) is 9.32. The molecule has 0 aliphatic heterocycles. The predicted molar refractivity (Wildman–Crippen MR) is 121 cm³/mol. The quantitative estimate of drug-likeness (QED) is 0.131. The molecular weight excluding hydrogens is 594 g/mol. The molecule has 0 saturated carbocycles. The lowest BCUT2D eigenvalue weighted by Gasteiger charge is -2.08. The summed E-state index contributed by atoms with van der Waals surface area (Å²) in [6.45, 7) is 0. The average Bonchev–Trinajstić information content (AvgIpc) is 2.80. The molecule has 4 rings (SSSR count). The highest BCUT2D eigenvalue weighted by atomic mass is 79.9. The Bertz CT molecular complexity index is 1320. The zero-order chi connectivity index (χ0) is 24.8. The molecule has 0 aliphatic carbocycles. The highest BCUT2D eigenvalue weighted by molar-refractivity contribution is 9.10. The second kappa shape index (κ2) is 11.4. The molecule has 0 heterocycles. The van der Waals surface area contributed by atoms with E-state index in [-0.39, 0.29) is 26.2 Å². The molecule has 0 aliphatic rings. The molecule has 0 amide bonds. The average molecular weight is 606 g/mol. The minimum absolute atomic E-state index is 0.0286. The number of ether oxygens (including phenoxy) is 2. The number of benzene rings is 4. The van der Waals surface area contributed by atoms with Crippen LogP contribution in [0.4, 0.5) is 26.3 Å². The highest BCUT2D eigenvalue weighted by Gasteiger charge is 2.15. The van der Waals surface area contributed by atoms with Crippen LogP contribution in [0.1, 0.15) is 0 Å². The van der Waals surface area contributed by atoms with Crippen LogP contribution in [0, 0.1) is 34.9 Å². The molecule has 0 N–H and O–H groups in total. The van der Waals surface area contributed by atoms with Gasteiger partial charge in [-0.3, -0.25) is 0 Å². The lowest BCUT2D eigenvalue weighted by Crippen LogP contribution is -1.93. The fourth-order valence-corrected chi connectivity index (χ4v) is 3.13. The topological polar surface area (TPSA) is 18.5 Å². The third-order valence-corrected chi connectivity index (χ3v) is 5.38. The van der Waals surface area contributed by atoms with Gasteiger partial charge in [0.1, 0.15) is 29.0 Å². The zero-order valence-electron chi connectivity index (χ0n) is 16.8. The van der Waals surface area contributed by atoms with Gasteiger partial charge in [0.15, 0.2) is 29.0 Å². The minimum Gasteiger partial charge on any atom is -0.454 e. The molecule has 0 aromatic heterocycles. The van der Waals surface area contributed by atoms with Crippen LogP contribution in [-0.2, 0) is 0 Å². The van der Waals surface area contributed by atoms with Gasteiger partial charge in [-0.1, -0.05) is 12.1 Å². The van der Waals surface area contributed by atoms with E-state index in [0.29, 0.717) is 0 Å². The minimum atomic E-state index is -0.866. The van der Waals surface area contributed by atoms with Gasteiger partial charge in [0.2, 0.25) is 0 Å². The SMILES string of the molecule is Fc1cccc(Oc2c(F)ccc(Br)c2F)c1.Fc1cccc(Oc2ccc(F)c(Br)c2F)c1. The number of hydrogen-bond donors (Lipinski definition) is 0. The van der Waals surface area contributed by atoms with E-state index in [0.717, 1.165) is 30.3 Å². The summed E-state index contributed by atoms with van der Waals surface area (Å²) in [5.74, 6) is -4.92. The molecule has 0 unspecified atom stereocenters. The molecule has 10 heteroatoms. The monoisotopic (exact) mass is 604 g/mol. The molecule has 0 fully saturated rings. The molecular formula is C24H12Br2F6O2. The maximum atomic E-state index is 13.5. The Morgan fingerprint density at radius 1 is 0.559 bits per heavy atom. The summed E-state index contributed by atoms with van der Waals surface area (Å²) in [6.07, 6.45) is 0. The summed E-state index contributed by atoms with van der Waals surface area (Å²) in [5.41, 5.74) is 0. The van der Waals surface area contributed by atoms with Gasteiger partial charge in [-0.15, -0.1) is 0 Å². The van der Waals surface area contributed by atoms with E-state index in [4.69, 9.17) is 9.47 Å². The van der Waals surface area contributed by atoms with Crippen molar-refractivity contribution < 1.29 is 35.8 Å². The first-order valence-electron chi connectivity index (χ1n) is 9.29. The first kappa shape index (κ1) is 25.6. The van der Waals surface area contributed by atoms with Gasteiger partial charge in [-0.05, 0) is 80.4 Å². The molecule has 4 aromatic rings. The summed E-state index contributed by atoms with van der Waals surface area (Å²) in [4.78, 5) is 0. The first-order valence-corrected chi connectivity index (χ1v) is 10.9. The zero-order valence-corrected chi connectivity index (χ0v) is 19.9. The smallest absolute Gasteiger partial charge is 0.199 e. The van der Waals surface area contributed by atoms with Crippen LogP contribution in [0.2, 0.25) is 0 Å². The van der Waals surface area contributed by atoms with Crippen molar-refractivity contribution in [2.45, 2.75) is 0 Å². The van der Waals surface area contributed by atoms with Crippen LogP contribution < -0.4 is 9.47 Å². The summed E-state index contributed by atoms with van der Waals surface area (Å²) < 4.78 is 89.0. The van der Waals surface area contributed by atoms with Gasteiger partial charge in [0.05, 0.1) is 8.95 Å². The Labute approximate surface area is 207 Å². The Kier molecular flexibility index (Phi) is 8.62. The Morgan fingerprint density at radius 2 is 1.12 bits per heavy atom. The maximum absolute atomic E-state index is 13.5. The third kappa shape index (κ3) is 6.54. The van der Waals surface area contributed by atoms with Gasteiger partial charge >= 0.3 is 0 Å². The van der Waals surface area contributed by atoms with Crippen molar-refractivity contribution in [2.24, 2.45) is 0 Å². The standard InChI is InChI=1S/2C12H6BrF3O/c13-11-9(15)4-5-10(12(11)16)17-8-3-1-2-7(14)6-8;13-9-4-5-10(15)12(11(9)16)17-8-3-1-2-7(14)6-8/h2*1-6H. The Balaban J connectivity index is 0.000000191. The molecule has 2 nitrogen and oxygen atoms in total. The normalized spacial score (nSPS) is 10.4. The summed E-state index contributed by atoms with van der Waals surface area (Å²) in [5, 5.41) is 0. The second-order valence-electron chi connectivity index (χ2n) is 6.46. The van der Waals surface area contributed by atoms with Crippen LogP contribution in [-0.4, -0.2) is 0 Å². The van der Waals surface area contributed by atoms with Gasteiger partial charge < -0.3 is 9.47 Å². The van der Waals surface area contributed by atoms with E-state index in [1.807, 2.05) is 0 Å². The van der Waals surface area contributed by atoms with Crippen LogP contribution in [0.25, 0.3) is 0 Å². The number of halogens is 8. The summed E-state index contributed by atoms with van der Waals surface area (Å²) in [7, 11) is 0. The van der Waals surface area contributed by atoms with Crippen molar-refractivity contribution in [3.05, 3.63) is 117 Å². The first-order chi connectivity index (χ1) is 16.2. The van der Waals surface area contributed by atoms with Crippen LogP contribution in [0.15, 0.2) is 81.7 Å². The van der Waals surface area contributed by atoms with Crippen LogP contribution in [0.3, 0.4) is 0 Å². The maximum Gasteiger partial charge on any atom is 0.199 e. The molecule has 4 aromatic carbocycles. The summed E-state index contributed by atoms with van der Waals surface area (Å²) in [6, 6.07) is 14.8. The molecule has 0 atom stereocenters. The van der Waals surface area contributed by atoms with E-state index in [9.17, 15) is 26.3 Å². The van der Waals surface area contributed by atoms with E-state index < -0.39 is 40.7 Å². The van der Waals surface area contributed by atoms with Gasteiger partial charge in [-0.25, -0.2) is 26.3 Å². The molecule has 34 heavy (non-hydrogen) atoms. The van der Waals surface area contributed by atoms with Crippen molar-refractivity contribution in [3.8, 4) is 23.0 Å². The van der Waals surface area contributed by atoms with Gasteiger partial charge in [-0.2, -0.15) is 0 Å². The largest absolute Gasteiger partial charge is 0.454 e. The van der Waals surface area contributed by atoms with E-state index in [1.54, 1.807) is 0 Å². The Morgan fingerprint density at radius 3 is 1.71 bits per heavy atom. The van der Waals surface area contributed by atoms with E-state index >= 15 is 0 Å².